The van der Waals surface area contributed by atoms with Crippen LogP contribution >= 0.6 is 24.0 Å². The molecule has 1 heterocycles. The van der Waals surface area contributed by atoms with Crippen LogP contribution in [0.5, 0.6) is 0 Å². The number of nitrogens with one attached hydrogen (secondary N) is 2. The minimum atomic E-state index is 0. The third-order valence-corrected chi connectivity index (χ3v) is 5.90. The van der Waals surface area contributed by atoms with E-state index in [1.54, 1.807) is 0 Å². The quantitative estimate of drug-likeness (QED) is 0.262. The van der Waals surface area contributed by atoms with Crippen molar-refractivity contribution in [3.05, 3.63) is 35.9 Å². The van der Waals surface area contributed by atoms with Crippen LogP contribution in [0.3, 0.4) is 0 Å². The maximum absolute atomic E-state index is 12.0. The van der Waals surface area contributed by atoms with Crippen molar-refractivity contribution in [1.29, 1.82) is 0 Å². The Morgan fingerprint density at radius 1 is 1.20 bits per heavy atom. The van der Waals surface area contributed by atoms with E-state index in [0.717, 1.165) is 57.8 Å². The lowest BCUT2D eigenvalue weighted by Gasteiger charge is -2.27. The first-order valence-electron chi connectivity index (χ1n) is 11.0. The van der Waals surface area contributed by atoms with Crippen molar-refractivity contribution in [3.8, 4) is 0 Å². The number of benzene rings is 1. The number of carbonyl (C=O) groups is 1. The average Bonchev–Trinajstić information content (AvgIpc) is 3.16. The summed E-state index contributed by atoms with van der Waals surface area (Å²) >= 11 is 0. The fraction of sp³-hybridized carbons (Fsp3) is 0.652. The first-order valence-corrected chi connectivity index (χ1v) is 11.0. The lowest BCUT2D eigenvalue weighted by Crippen LogP contribution is -2.43. The van der Waals surface area contributed by atoms with Crippen LogP contribution in [-0.2, 0) is 11.3 Å². The molecule has 0 aromatic heterocycles. The summed E-state index contributed by atoms with van der Waals surface area (Å²) < 4.78 is 0. The third kappa shape index (κ3) is 8.79. The smallest absolute Gasteiger partial charge is 0.222 e. The van der Waals surface area contributed by atoms with E-state index < -0.39 is 0 Å². The molecule has 1 aromatic carbocycles. The predicted molar refractivity (Wildman–Crippen MR) is 136 cm³/mol. The van der Waals surface area contributed by atoms with Crippen molar-refractivity contribution < 1.29 is 4.79 Å². The monoisotopic (exact) mass is 529 g/mol. The molecule has 1 aromatic rings. The van der Waals surface area contributed by atoms with Gasteiger partial charge in [-0.25, -0.2) is 0 Å². The van der Waals surface area contributed by atoms with Gasteiger partial charge in [-0.15, -0.1) is 24.0 Å². The van der Waals surface area contributed by atoms with Gasteiger partial charge in [-0.2, -0.15) is 0 Å². The topological polar surface area (TPSA) is 60.0 Å². The number of likely N-dealkylation sites (tertiary alicyclic amines) is 1. The van der Waals surface area contributed by atoms with Gasteiger partial charge in [-0.1, -0.05) is 37.3 Å². The second kappa shape index (κ2) is 14.6. The van der Waals surface area contributed by atoms with E-state index >= 15 is 0 Å². The van der Waals surface area contributed by atoms with Gasteiger partial charge in [0.25, 0.3) is 0 Å². The number of guanidine groups is 1. The first-order chi connectivity index (χ1) is 14.0. The molecule has 0 spiro atoms. The number of amides is 1. The third-order valence-electron chi connectivity index (χ3n) is 5.90. The van der Waals surface area contributed by atoms with Gasteiger partial charge in [0.2, 0.25) is 5.91 Å². The maximum Gasteiger partial charge on any atom is 0.222 e. The summed E-state index contributed by atoms with van der Waals surface area (Å²) in [6, 6.07) is 11.4. The van der Waals surface area contributed by atoms with Crippen LogP contribution in [0.2, 0.25) is 0 Å². The van der Waals surface area contributed by atoms with Crippen molar-refractivity contribution in [2.45, 2.75) is 64.6 Å². The molecule has 6 nitrogen and oxygen atoms in total. The predicted octanol–water partition coefficient (Wildman–Crippen LogP) is 3.47. The van der Waals surface area contributed by atoms with Crippen molar-refractivity contribution in [3.63, 3.8) is 0 Å². The van der Waals surface area contributed by atoms with E-state index in [1.807, 2.05) is 7.05 Å². The highest BCUT2D eigenvalue weighted by Crippen LogP contribution is 2.17. The fourth-order valence-corrected chi connectivity index (χ4v) is 3.86. The van der Waals surface area contributed by atoms with E-state index in [1.165, 1.54) is 5.56 Å². The molecule has 170 valence electrons. The molecule has 2 atom stereocenters. The van der Waals surface area contributed by atoms with E-state index in [0.29, 0.717) is 24.4 Å². The summed E-state index contributed by atoms with van der Waals surface area (Å²) in [5.41, 5.74) is 1.34. The molecule has 7 heteroatoms. The molecule has 1 aliphatic rings. The minimum Gasteiger partial charge on any atom is -0.356 e. The molecule has 0 aliphatic carbocycles. The Kier molecular flexibility index (Phi) is 13.0. The SMILES string of the molecule is CCC(CCNC(=NC)NCCC(C)N(C)Cc1ccccc1)N1CCCC1=O.I. The molecule has 0 bridgehead atoms. The highest BCUT2D eigenvalue weighted by atomic mass is 127. The molecule has 0 radical (unpaired) electrons. The second-order valence-corrected chi connectivity index (χ2v) is 8.01. The molecule has 0 saturated carbocycles. The van der Waals surface area contributed by atoms with Gasteiger partial charge < -0.3 is 15.5 Å². The van der Waals surface area contributed by atoms with E-state index in [-0.39, 0.29) is 24.0 Å². The van der Waals surface area contributed by atoms with Gasteiger partial charge in [0.1, 0.15) is 0 Å². The number of carbonyl (C=O) groups excluding carboxylic acids is 1. The molecule has 30 heavy (non-hydrogen) atoms. The van der Waals surface area contributed by atoms with Gasteiger partial charge in [0.05, 0.1) is 0 Å². The normalized spacial score (nSPS) is 16.4. The highest BCUT2D eigenvalue weighted by molar-refractivity contribution is 14.0. The summed E-state index contributed by atoms with van der Waals surface area (Å²) in [4.78, 5) is 20.7. The molecular weight excluding hydrogens is 489 g/mol. The van der Waals surface area contributed by atoms with Crippen molar-refractivity contribution in [1.82, 2.24) is 20.4 Å². The lowest BCUT2D eigenvalue weighted by atomic mass is 10.1. The average molecular weight is 530 g/mol. The number of hydrogen-bond donors (Lipinski definition) is 2. The van der Waals surface area contributed by atoms with Crippen LogP contribution in [0, 0.1) is 0 Å². The standard InChI is InChI=1S/C23H39N5O.HI/c1-5-21(28-17-9-12-22(28)29)14-16-26-23(24-3)25-15-13-19(2)27(4)18-20-10-7-6-8-11-20;/h6-8,10-11,19,21H,5,9,12-18H2,1-4H3,(H2,24,25,26);1H. The molecule has 2 N–H and O–H groups in total. The van der Waals surface area contributed by atoms with Crippen LogP contribution in [0.4, 0.5) is 0 Å². The van der Waals surface area contributed by atoms with Gasteiger partial charge in [0.15, 0.2) is 5.96 Å². The Bertz CT molecular complexity index is 640. The Hall–Kier alpha value is -1.35. The second-order valence-electron chi connectivity index (χ2n) is 8.01. The van der Waals surface area contributed by atoms with Gasteiger partial charge in [-0.3, -0.25) is 14.7 Å². The van der Waals surface area contributed by atoms with Crippen LogP contribution in [0.15, 0.2) is 35.3 Å². The summed E-state index contributed by atoms with van der Waals surface area (Å²) in [6.07, 6.45) is 4.72. The summed E-state index contributed by atoms with van der Waals surface area (Å²) in [6.45, 7) is 8.00. The van der Waals surface area contributed by atoms with Crippen LogP contribution < -0.4 is 10.6 Å². The molecule has 2 rings (SSSR count). The number of hydrogen-bond acceptors (Lipinski definition) is 3. The summed E-state index contributed by atoms with van der Waals surface area (Å²) in [5.74, 6) is 1.15. The lowest BCUT2D eigenvalue weighted by molar-refractivity contribution is -0.129. The first kappa shape index (κ1) is 26.7. The van der Waals surface area contributed by atoms with Crippen molar-refractivity contribution in [2.75, 3.05) is 33.7 Å². The molecule has 1 fully saturated rings. The van der Waals surface area contributed by atoms with Crippen LogP contribution in [-0.4, -0.2) is 67.5 Å². The summed E-state index contributed by atoms with van der Waals surface area (Å²) in [5, 5.41) is 6.82. The molecular formula is C23H40IN5O. The number of nitrogens with zero attached hydrogens (tertiary/aromatic N) is 3. The number of rotatable bonds is 11. The van der Waals surface area contributed by atoms with E-state index in [9.17, 15) is 4.79 Å². The zero-order valence-corrected chi connectivity index (χ0v) is 21.4. The fourth-order valence-electron chi connectivity index (χ4n) is 3.86. The zero-order chi connectivity index (χ0) is 21.1. The zero-order valence-electron chi connectivity index (χ0n) is 19.1. The Labute approximate surface area is 199 Å². The van der Waals surface area contributed by atoms with Gasteiger partial charge in [-0.05, 0) is 45.2 Å². The van der Waals surface area contributed by atoms with Crippen molar-refractivity contribution >= 4 is 35.8 Å². The summed E-state index contributed by atoms with van der Waals surface area (Å²) in [7, 11) is 3.98. The maximum atomic E-state index is 12.0. The molecule has 1 saturated heterocycles. The van der Waals surface area contributed by atoms with E-state index in [2.05, 4.69) is 76.7 Å². The Morgan fingerprint density at radius 2 is 1.87 bits per heavy atom. The number of aliphatic imine (C=N–C) groups is 1. The molecule has 2 unspecified atom stereocenters. The largest absolute Gasteiger partial charge is 0.356 e. The molecule has 1 aliphatic heterocycles. The van der Waals surface area contributed by atoms with E-state index in [4.69, 9.17) is 0 Å². The van der Waals surface area contributed by atoms with Crippen LogP contribution in [0.1, 0.15) is 51.5 Å². The van der Waals surface area contributed by atoms with Crippen LogP contribution in [0.25, 0.3) is 0 Å². The van der Waals surface area contributed by atoms with Gasteiger partial charge in [0, 0.05) is 51.7 Å². The Morgan fingerprint density at radius 3 is 2.43 bits per heavy atom. The highest BCUT2D eigenvalue weighted by Gasteiger charge is 2.26. The minimum absolute atomic E-state index is 0. The van der Waals surface area contributed by atoms with Gasteiger partial charge >= 0.3 is 0 Å². The number of halogens is 1. The Balaban J connectivity index is 0.00000450. The van der Waals surface area contributed by atoms with Crippen molar-refractivity contribution in [2.24, 2.45) is 4.99 Å². The molecule has 1 amide bonds.